The zero-order valence-electron chi connectivity index (χ0n) is 13.8. The summed E-state index contributed by atoms with van der Waals surface area (Å²) in [6.45, 7) is 2.78. The molecule has 0 aliphatic heterocycles. The van der Waals surface area contributed by atoms with Crippen LogP contribution >= 0.6 is 0 Å². The highest BCUT2D eigenvalue weighted by atomic mass is 16.4. The third kappa shape index (κ3) is 3.28. The maximum atomic E-state index is 5.27. The second-order valence-corrected chi connectivity index (χ2v) is 5.75. The van der Waals surface area contributed by atoms with Crippen LogP contribution in [-0.4, -0.2) is 20.0 Å². The predicted octanol–water partition coefficient (Wildman–Crippen LogP) is 3.84. The maximum absolute atomic E-state index is 5.27. The summed E-state index contributed by atoms with van der Waals surface area (Å²) in [4.78, 5) is 0. The summed E-state index contributed by atoms with van der Waals surface area (Å²) in [5.74, 6) is 0.517. The van der Waals surface area contributed by atoms with Crippen molar-refractivity contribution in [3.05, 3.63) is 78.4 Å². The first-order valence-electron chi connectivity index (χ1n) is 7.99. The maximum Gasteiger partial charge on any atom is 0.247 e. The van der Waals surface area contributed by atoms with Crippen LogP contribution in [0.5, 0.6) is 0 Å². The molecule has 0 radical (unpaired) electrons. The van der Waals surface area contributed by atoms with Gasteiger partial charge in [-0.05, 0) is 48.4 Å². The van der Waals surface area contributed by atoms with E-state index in [0.717, 1.165) is 22.5 Å². The molecule has 0 unspecified atom stereocenters. The fourth-order valence-corrected chi connectivity index (χ4v) is 2.67. The van der Waals surface area contributed by atoms with Crippen molar-refractivity contribution in [3.63, 3.8) is 0 Å². The summed E-state index contributed by atoms with van der Waals surface area (Å²) in [7, 11) is 0. The Labute approximate surface area is 145 Å². The van der Waals surface area contributed by atoms with Gasteiger partial charge < -0.3 is 9.73 Å². The lowest BCUT2D eigenvalue weighted by atomic mass is 10.1. The van der Waals surface area contributed by atoms with E-state index >= 15 is 0 Å². The van der Waals surface area contributed by atoms with Crippen molar-refractivity contribution in [2.24, 2.45) is 0 Å². The molecule has 25 heavy (non-hydrogen) atoms. The first kappa shape index (κ1) is 15.1. The number of benzene rings is 2. The third-order valence-corrected chi connectivity index (χ3v) is 4.01. The second kappa shape index (κ2) is 6.60. The average molecular weight is 331 g/mol. The van der Waals surface area contributed by atoms with E-state index in [9.17, 15) is 0 Å². The summed E-state index contributed by atoms with van der Waals surface area (Å²) in [5, 5.41) is 15.5. The molecule has 4 rings (SSSR count). The molecule has 2 heterocycles. The fourth-order valence-electron chi connectivity index (χ4n) is 2.67. The Kier molecular flexibility index (Phi) is 4.00. The van der Waals surface area contributed by atoms with E-state index in [-0.39, 0.29) is 0 Å². The first-order chi connectivity index (χ1) is 12.3. The smallest absolute Gasteiger partial charge is 0.247 e. The van der Waals surface area contributed by atoms with Crippen molar-refractivity contribution in [1.82, 2.24) is 20.0 Å². The van der Waals surface area contributed by atoms with Crippen LogP contribution in [0.25, 0.3) is 17.1 Å². The topological polar surface area (TPSA) is 68.8 Å². The zero-order valence-corrected chi connectivity index (χ0v) is 13.8. The van der Waals surface area contributed by atoms with Gasteiger partial charge in [0.05, 0.1) is 5.69 Å². The highest BCUT2D eigenvalue weighted by Crippen LogP contribution is 2.24. The van der Waals surface area contributed by atoms with Crippen molar-refractivity contribution in [1.29, 1.82) is 0 Å². The van der Waals surface area contributed by atoms with Crippen LogP contribution in [0.3, 0.4) is 0 Å². The van der Waals surface area contributed by atoms with Gasteiger partial charge >= 0.3 is 0 Å². The number of nitrogens with one attached hydrogen (secondary N) is 1. The van der Waals surface area contributed by atoms with Gasteiger partial charge in [0.2, 0.25) is 12.3 Å². The van der Waals surface area contributed by atoms with Crippen molar-refractivity contribution in [2.45, 2.75) is 13.5 Å². The molecule has 0 aliphatic rings. The number of rotatable bonds is 5. The summed E-state index contributed by atoms with van der Waals surface area (Å²) >= 11 is 0. The highest BCUT2D eigenvalue weighted by Gasteiger charge is 2.07. The van der Waals surface area contributed by atoms with Gasteiger partial charge in [-0.3, -0.25) is 0 Å². The minimum atomic E-state index is 0.517. The summed E-state index contributed by atoms with van der Waals surface area (Å²) in [6, 6.07) is 16.3. The van der Waals surface area contributed by atoms with Crippen LogP contribution in [0, 0.1) is 6.92 Å². The van der Waals surface area contributed by atoms with E-state index in [4.69, 9.17) is 4.42 Å². The molecule has 1 N–H and O–H groups in total. The summed E-state index contributed by atoms with van der Waals surface area (Å²) in [6.07, 6.45) is 5.05. The van der Waals surface area contributed by atoms with Crippen LogP contribution in [0.1, 0.15) is 11.1 Å². The lowest BCUT2D eigenvalue weighted by Gasteiger charge is -2.11. The molecule has 0 spiro atoms. The number of anilines is 1. The van der Waals surface area contributed by atoms with Gasteiger partial charge in [-0.15, -0.1) is 10.2 Å². The highest BCUT2D eigenvalue weighted by molar-refractivity contribution is 5.64. The molecule has 0 atom stereocenters. The summed E-state index contributed by atoms with van der Waals surface area (Å²) in [5.41, 5.74) is 5.32. The minimum absolute atomic E-state index is 0.517. The average Bonchev–Trinajstić information content (AvgIpc) is 3.35. The van der Waals surface area contributed by atoms with Gasteiger partial charge in [0, 0.05) is 30.2 Å². The Morgan fingerprint density at radius 1 is 1.12 bits per heavy atom. The first-order valence-corrected chi connectivity index (χ1v) is 7.99. The molecule has 6 nitrogen and oxygen atoms in total. The largest absolute Gasteiger partial charge is 0.423 e. The standard InChI is InChI=1S/C19H17N5O/c1-14-6-7-16(19-23-21-13-25-19)11-18(14)20-12-15-4-2-5-17(10-15)24-9-3-8-22-24/h2-11,13,20H,12H2,1H3. The van der Waals surface area contributed by atoms with Gasteiger partial charge in [-0.1, -0.05) is 18.2 Å². The third-order valence-electron chi connectivity index (χ3n) is 4.01. The Morgan fingerprint density at radius 2 is 2.08 bits per heavy atom. The van der Waals surface area contributed by atoms with E-state index < -0.39 is 0 Å². The second-order valence-electron chi connectivity index (χ2n) is 5.75. The molecule has 2 aromatic carbocycles. The Hall–Kier alpha value is -3.41. The quantitative estimate of drug-likeness (QED) is 0.602. The Bertz CT molecular complexity index is 961. The fraction of sp³-hybridized carbons (Fsp3) is 0.105. The molecule has 0 bridgehead atoms. The van der Waals surface area contributed by atoms with E-state index in [0.29, 0.717) is 12.4 Å². The van der Waals surface area contributed by atoms with E-state index in [1.165, 1.54) is 12.0 Å². The van der Waals surface area contributed by atoms with Crippen molar-refractivity contribution in [2.75, 3.05) is 5.32 Å². The van der Waals surface area contributed by atoms with Gasteiger partial charge in [-0.25, -0.2) is 4.68 Å². The number of nitrogens with zero attached hydrogens (tertiary/aromatic N) is 4. The number of aromatic nitrogens is 4. The lowest BCUT2D eigenvalue weighted by molar-refractivity contribution is 0.568. The van der Waals surface area contributed by atoms with Crippen molar-refractivity contribution >= 4 is 5.69 Å². The molecule has 2 aromatic heterocycles. The molecular weight excluding hydrogens is 314 g/mol. The van der Waals surface area contributed by atoms with Crippen LogP contribution in [0.15, 0.2) is 71.7 Å². The molecule has 0 saturated carbocycles. The monoisotopic (exact) mass is 331 g/mol. The number of aryl methyl sites for hydroxylation is 1. The molecule has 0 fully saturated rings. The lowest BCUT2D eigenvalue weighted by Crippen LogP contribution is -2.03. The number of hydrogen-bond acceptors (Lipinski definition) is 5. The van der Waals surface area contributed by atoms with Gasteiger partial charge in [0.1, 0.15) is 0 Å². The Balaban J connectivity index is 1.54. The number of hydrogen-bond donors (Lipinski definition) is 1. The van der Waals surface area contributed by atoms with Crippen LogP contribution in [0.2, 0.25) is 0 Å². The van der Waals surface area contributed by atoms with Gasteiger partial charge in [0.25, 0.3) is 0 Å². The van der Waals surface area contributed by atoms with Gasteiger partial charge in [-0.2, -0.15) is 5.10 Å². The molecular formula is C19H17N5O. The van der Waals surface area contributed by atoms with Crippen LogP contribution < -0.4 is 5.32 Å². The molecule has 4 aromatic rings. The summed E-state index contributed by atoms with van der Waals surface area (Å²) < 4.78 is 7.13. The van der Waals surface area contributed by atoms with Gasteiger partial charge in [0.15, 0.2) is 0 Å². The van der Waals surface area contributed by atoms with Crippen LogP contribution in [0.4, 0.5) is 5.69 Å². The normalized spacial score (nSPS) is 10.8. The van der Waals surface area contributed by atoms with Crippen molar-refractivity contribution < 1.29 is 4.42 Å². The zero-order chi connectivity index (χ0) is 17.1. The van der Waals surface area contributed by atoms with Crippen LogP contribution in [-0.2, 0) is 6.54 Å². The molecule has 0 amide bonds. The molecule has 124 valence electrons. The molecule has 0 saturated heterocycles. The van der Waals surface area contributed by atoms with Crippen molar-refractivity contribution in [3.8, 4) is 17.1 Å². The van der Waals surface area contributed by atoms with E-state index in [2.05, 4.69) is 39.7 Å². The van der Waals surface area contributed by atoms with E-state index in [1.54, 1.807) is 6.20 Å². The predicted molar refractivity (Wildman–Crippen MR) is 95.4 cm³/mol. The molecule has 6 heteroatoms. The Morgan fingerprint density at radius 3 is 2.88 bits per heavy atom. The minimum Gasteiger partial charge on any atom is -0.423 e. The SMILES string of the molecule is Cc1ccc(-c2nnco2)cc1NCc1cccc(-n2cccn2)c1. The van der Waals surface area contributed by atoms with E-state index in [1.807, 2.05) is 47.3 Å². The molecule has 0 aliphatic carbocycles.